The number of fused-ring (bicyclic) bond motifs is 1. The van der Waals surface area contributed by atoms with Crippen LogP contribution in [0.25, 0.3) is 10.9 Å². The molecule has 2 N–H and O–H groups in total. The van der Waals surface area contributed by atoms with Crippen LogP contribution in [0.5, 0.6) is 0 Å². The lowest BCUT2D eigenvalue weighted by Crippen LogP contribution is -2.49. The highest BCUT2D eigenvalue weighted by molar-refractivity contribution is 6.05. The third-order valence-corrected chi connectivity index (χ3v) is 3.69. The van der Waals surface area contributed by atoms with Crippen LogP contribution in [0.2, 0.25) is 0 Å². The van der Waals surface area contributed by atoms with Crippen LogP contribution < -0.4 is 11.3 Å². The summed E-state index contributed by atoms with van der Waals surface area (Å²) in [4.78, 5) is 42.1. The van der Waals surface area contributed by atoms with E-state index in [-0.39, 0.29) is 16.6 Å². The second kappa shape index (κ2) is 4.76. The number of carbonyl (C=O) groups excluding carboxylic acids is 2. The molecule has 1 saturated carbocycles. The van der Waals surface area contributed by atoms with Crippen molar-refractivity contribution < 1.29 is 19.2 Å². The number of Topliss-reactive ketones (excluding diaryl/α,β-unsaturated/α-hetero) is 2. The van der Waals surface area contributed by atoms with Crippen molar-refractivity contribution in [2.45, 2.75) is 38.5 Å². The number of aromatic nitrogens is 2. The Morgan fingerprint density at radius 2 is 2.18 bits per heavy atom. The number of nitrogens with zero attached hydrogens (tertiary/aromatic N) is 2. The first-order valence-corrected chi connectivity index (χ1v) is 6.47. The lowest BCUT2D eigenvalue weighted by atomic mass is 9.81. The zero-order valence-electron chi connectivity index (χ0n) is 18.6. The first kappa shape index (κ1) is 8.22. The van der Waals surface area contributed by atoms with E-state index in [1.807, 2.05) is 0 Å². The van der Waals surface area contributed by atoms with Gasteiger partial charge in [0.25, 0.3) is 5.56 Å². The number of aryl methyl sites for hydroxylation is 1. The number of carbonyl (C=O) groups is 2. The van der Waals surface area contributed by atoms with Crippen LogP contribution in [0.15, 0.2) is 23.0 Å². The summed E-state index contributed by atoms with van der Waals surface area (Å²) in [7, 11) is 0. The Morgan fingerprint density at radius 1 is 1.41 bits per heavy atom. The van der Waals surface area contributed by atoms with Gasteiger partial charge in [0.1, 0.15) is 17.1 Å². The lowest BCUT2D eigenvalue weighted by molar-refractivity contribution is -0.136. The standard InChI is InChI=1S/C16H17N3O3/c1-9-18-12-5-3-4-11(17)14(12)15(22)19(9)16(2)7-6-10(20)8-13(16)21/h3-5H,6-8,17H2,1-2H3/i1D3,6D2,7D2. The molecule has 3 rings (SSSR count). The molecule has 1 aliphatic rings. The number of benzene rings is 1. The number of hydrogen-bond donors (Lipinski definition) is 1. The van der Waals surface area contributed by atoms with Gasteiger partial charge in [-0.2, -0.15) is 0 Å². The Labute approximate surface area is 136 Å². The fourth-order valence-corrected chi connectivity index (χ4v) is 2.47. The summed E-state index contributed by atoms with van der Waals surface area (Å²) < 4.78 is 56.1. The molecule has 114 valence electrons. The first-order chi connectivity index (χ1) is 13.1. The molecule has 1 aliphatic carbocycles. The van der Waals surface area contributed by atoms with Crippen molar-refractivity contribution in [2.75, 3.05) is 5.73 Å². The predicted octanol–water partition coefficient (Wildman–Crippen LogP) is 1.32. The minimum absolute atomic E-state index is 0.0659. The van der Waals surface area contributed by atoms with E-state index in [0.717, 1.165) is 6.92 Å². The molecule has 0 saturated heterocycles. The van der Waals surface area contributed by atoms with Gasteiger partial charge in [0.2, 0.25) is 0 Å². The summed E-state index contributed by atoms with van der Waals surface area (Å²) in [6.45, 7) is -2.14. The van der Waals surface area contributed by atoms with Gasteiger partial charge in [-0.1, -0.05) is 6.07 Å². The van der Waals surface area contributed by atoms with Crippen molar-refractivity contribution in [1.82, 2.24) is 9.55 Å². The van der Waals surface area contributed by atoms with E-state index in [2.05, 4.69) is 4.98 Å². The summed E-state index contributed by atoms with van der Waals surface area (Å²) in [6, 6.07) is 4.14. The predicted molar refractivity (Wildman–Crippen MR) is 82.7 cm³/mol. The molecule has 0 spiro atoms. The number of nitrogen functional groups attached to an aromatic ring is 1. The molecule has 1 fully saturated rings. The fraction of sp³-hybridized carbons (Fsp3) is 0.375. The van der Waals surface area contributed by atoms with Crippen LogP contribution in [0.4, 0.5) is 5.69 Å². The second-order valence-corrected chi connectivity index (χ2v) is 5.16. The smallest absolute Gasteiger partial charge is 0.264 e. The quantitative estimate of drug-likeness (QED) is 0.633. The molecule has 1 heterocycles. The average molecular weight is 306 g/mol. The molecule has 2 aromatic rings. The van der Waals surface area contributed by atoms with E-state index in [4.69, 9.17) is 15.3 Å². The van der Waals surface area contributed by atoms with Crippen molar-refractivity contribution in [3.8, 4) is 0 Å². The molecule has 0 aliphatic heterocycles. The van der Waals surface area contributed by atoms with E-state index in [9.17, 15) is 14.4 Å². The van der Waals surface area contributed by atoms with Gasteiger partial charge in [0.05, 0.1) is 17.3 Å². The van der Waals surface area contributed by atoms with Gasteiger partial charge in [0.15, 0.2) is 5.78 Å². The van der Waals surface area contributed by atoms with Crippen molar-refractivity contribution in [1.29, 1.82) is 0 Å². The third-order valence-electron chi connectivity index (χ3n) is 3.69. The van der Waals surface area contributed by atoms with Gasteiger partial charge in [0, 0.05) is 21.7 Å². The SMILES string of the molecule is [2H]C([2H])([2H])c1nc2cccc(N)c2c(=O)n1C1(C)C(=O)CC(=O)C([2H])([2H])C1([2H])[2H]. The molecule has 1 unspecified atom stereocenters. The van der Waals surface area contributed by atoms with Gasteiger partial charge in [-0.3, -0.25) is 19.0 Å². The van der Waals surface area contributed by atoms with Crippen molar-refractivity contribution in [2.24, 2.45) is 0 Å². The third kappa shape index (κ3) is 1.94. The minimum Gasteiger partial charge on any atom is -0.398 e. The highest BCUT2D eigenvalue weighted by atomic mass is 16.2. The second-order valence-electron chi connectivity index (χ2n) is 5.16. The summed E-state index contributed by atoms with van der Waals surface area (Å²) >= 11 is 0. The lowest BCUT2D eigenvalue weighted by Gasteiger charge is -2.34. The molecule has 0 radical (unpaired) electrons. The molecule has 1 atom stereocenters. The zero-order chi connectivity index (χ0) is 22.2. The molecule has 0 bridgehead atoms. The summed E-state index contributed by atoms with van der Waals surface area (Å²) in [6.07, 6.45) is -7.41. The molecule has 6 heteroatoms. The van der Waals surface area contributed by atoms with Gasteiger partial charge in [-0.25, -0.2) is 4.98 Å². The van der Waals surface area contributed by atoms with Crippen LogP contribution in [0, 0.1) is 6.85 Å². The normalized spacial score (nSPS) is 32.1. The van der Waals surface area contributed by atoms with Gasteiger partial charge in [-0.05, 0) is 32.3 Å². The molecular formula is C16H17N3O3. The van der Waals surface area contributed by atoms with Gasteiger partial charge >= 0.3 is 0 Å². The molecule has 1 aromatic heterocycles. The van der Waals surface area contributed by atoms with Gasteiger partial charge < -0.3 is 5.73 Å². The number of ketones is 2. The Bertz CT molecular complexity index is 1120. The maximum Gasteiger partial charge on any atom is 0.264 e. The topological polar surface area (TPSA) is 95.0 Å². The number of hydrogen-bond acceptors (Lipinski definition) is 5. The molecule has 1 aromatic carbocycles. The molecular weight excluding hydrogens is 282 g/mol. The minimum atomic E-state index is -3.25. The first-order valence-electron chi connectivity index (χ1n) is 9.97. The van der Waals surface area contributed by atoms with E-state index < -0.39 is 54.5 Å². The van der Waals surface area contributed by atoms with Crippen LogP contribution in [0.3, 0.4) is 0 Å². The van der Waals surface area contributed by atoms with Gasteiger partial charge in [-0.15, -0.1) is 0 Å². The average Bonchev–Trinajstić information content (AvgIpc) is 2.58. The fourth-order valence-electron chi connectivity index (χ4n) is 2.47. The van der Waals surface area contributed by atoms with Crippen LogP contribution in [-0.4, -0.2) is 21.1 Å². The van der Waals surface area contributed by atoms with E-state index >= 15 is 0 Å². The molecule has 6 nitrogen and oxygen atoms in total. The van der Waals surface area contributed by atoms with Crippen molar-refractivity contribution in [3.05, 3.63) is 34.4 Å². The van der Waals surface area contributed by atoms with E-state index in [0.29, 0.717) is 4.57 Å². The zero-order valence-corrected chi connectivity index (χ0v) is 11.6. The highest BCUT2D eigenvalue weighted by Gasteiger charge is 2.41. The summed E-state index contributed by atoms with van der Waals surface area (Å²) in [5.41, 5.74) is 1.93. The van der Waals surface area contributed by atoms with Crippen molar-refractivity contribution >= 4 is 28.2 Å². The highest BCUT2D eigenvalue weighted by Crippen LogP contribution is 2.30. The Kier molecular flexibility index (Phi) is 1.78. The van der Waals surface area contributed by atoms with E-state index in [1.54, 1.807) is 0 Å². The van der Waals surface area contributed by atoms with Crippen molar-refractivity contribution in [3.63, 3.8) is 0 Å². The van der Waals surface area contributed by atoms with Crippen LogP contribution in [-0.2, 0) is 15.1 Å². The Hall–Kier alpha value is -2.50. The maximum atomic E-state index is 13.3. The number of nitrogens with two attached hydrogens (primary N) is 1. The summed E-state index contributed by atoms with van der Waals surface area (Å²) in [5, 5.41) is -0.234. The Morgan fingerprint density at radius 3 is 2.91 bits per heavy atom. The Balaban J connectivity index is 2.56. The molecule has 22 heavy (non-hydrogen) atoms. The molecule has 0 amide bonds. The monoisotopic (exact) mass is 306 g/mol. The van der Waals surface area contributed by atoms with Crippen LogP contribution >= 0.6 is 0 Å². The maximum absolute atomic E-state index is 13.3. The largest absolute Gasteiger partial charge is 0.398 e. The van der Waals surface area contributed by atoms with Crippen LogP contribution in [0.1, 0.15) is 41.5 Å². The number of rotatable bonds is 1. The van der Waals surface area contributed by atoms with E-state index in [1.165, 1.54) is 18.2 Å². The number of anilines is 1. The summed E-state index contributed by atoms with van der Waals surface area (Å²) in [5.74, 6) is -3.32.